The molecule has 1 aliphatic rings. The number of carbonyl (C=O) groups is 2. The maximum atomic E-state index is 13.3. The third-order valence-electron chi connectivity index (χ3n) is 5.47. The van der Waals surface area contributed by atoms with Crippen molar-refractivity contribution in [2.75, 3.05) is 44.7 Å². The van der Waals surface area contributed by atoms with Crippen LogP contribution in [0.25, 0.3) is 11.0 Å². The fraction of sp³-hybridized carbons (Fsp3) is 0.348. The molecule has 0 unspecified atom stereocenters. The maximum absolute atomic E-state index is 13.3. The predicted molar refractivity (Wildman–Crippen MR) is 120 cm³/mol. The Balaban J connectivity index is 1.61. The van der Waals surface area contributed by atoms with Gasteiger partial charge >= 0.3 is 0 Å². The number of methoxy groups -OCH3 is 3. The number of para-hydroxylation sites is 2. The minimum atomic E-state index is -0.684. The van der Waals surface area contributed by atoms with E-state index in [0.717, 1.165) is 11.0 Å². The molecule has 2 amide bonds. The molecule has 0 radical (unpaired) electrons. The number of hydrogen-bond acceptors (Lipinski definition) is 6. The van der Waals surface area contributed by atoms with Crippen molar-refractivity contribution in [1.82, 2.24) is 9.55 Å². The first-order valence-electron chi connectivity index (χ1n) is 10.4. The summed E-state index contributed by atoms with van der Waals surface area (Å²) in [5.74, 6) is 1.20. The summed E-state index contributed by atoms with van der Waals surface area (Å²) in [6.07, 6.45) is 0.638. The van der Waals surface area contributed by atoms with Crippen molar-refractivity contribution in [3.63, 3.8) is 0 Å². The van der Waals surface area contributed by atoms with E-state index in [0.29, 0.717) is 42.7 Å². The Morgan fingerprint density at radius 1 is 1.12 bits per heavy atom. The van der Waals surface area contributed by atoms with Crippen LogP contribution in [0.4, 0.5) is 11.6 Å². The Labute approximate surface area is 185 Å². The number of nitrogens with one attached hydrogen (secondary N) is 1. The monoisotopic (exact) mass is 438 g/mol. The summed E-state index contributed by atoms with van der Waals surface area (Å²) in [5, 5.41) is 2.85. The molecule has 3 aromatic rings. The number of hydrogen-bond donors (Lipinski definition) is 1. The minimum Gasteiger partial charge on any atom is -0.497 e. The van der Waals surface area contributed by atoms with Crippen molar-refractivity contribution >= 4 is 34.5 Å². The molecule has 32 heavy (non-hydrogen) atoms. The van der Waals surface area contributed by atoms with Crippen LogP contribution in [0.15, 0.2) is 42.5 Å². The molecular weight excluding hydrogens is 412 g/mol. The van der Waals surface area contributed by atoms with Crippen molar-refractivity contribution < 1.29 is 23.8 Å². The standard InChI is InChI=1S/C23H26N4O5/c1-30-12-6-11-26-22(29)19(27-18-8-5-4-7-16(18)25-23(26)27)14-21(28)24-17-13-15(31-2)9-10-20(17)32-3/h4-5,7-10,13,19H,6,11-12,14H2,1-3H3,(H,24,28)/t19-/m0/s1. The van der Waals surface area contributed by atoms with Gasteiger partial charge in [0.1, 0.15) is 17.5 Å². The molecule has 168 valence electrons. The predicted octanol–water partition coefficient (Wildman–Crippen LogP) is 3.01. The zero-order valence-electron chi connectivity index (χ0n) is 18.3. The molecule has 2 aromatic carbocycles. The van der Waals surface area contributed by atoms with Gasteiger partial charge in [-0.2, -0.15) is 0 Å². The van der Waals surface area contributed by atoms with Crippen molar-refractivity contribution in [1.29, 1.82) is 0 Å². The summed E-state index contributed by atoms with van der Waals surface area (Å²) in [7, 11) is 4.70. The number of benzene rings is 2. The molecule has 2 heterocycles. The molecule has 9 nitrogen and oxygen atoms in total. The highest BCUT2D eigenvalue weighted by atomic mass is 16.5. The number of ether oxygens (including phenoxy) is 3. The third-order valence-corrected chi connectivity index (χ3v) is 5.47. The second kappa shape index (κ2) is 9.27. The molecule has 1 N–H and O–H groups in total. The van der Waals surface area contributed by atoms with Crippen molar-refractivity contribution in [2.24, 2.45) is 0 Å². The molecular formula is C23H26N4O5. The highest BCUT2D eigenvalue weighted by Gasteiger charge is 2.40. The normalized spacial score (nSPS) is 15.2. The van der Waals surface area contributed by atoms with Gasteiger partial charge in [0.05, 0.1) is 37.4 Å². The van der Waals surface area contributed by atoms with Crippen LogP contribution >= 0.6 is 0 Å². The van der Waals surface area contributed by atoms with Crippen LogP contribution in [0.1, 0.15) is 18.9 Å². The zero-order chi connectivity index (χ0) is 22.7. The average molecular weight is 438 g/mol. The van der Waals surface area contributed by atoms with E-state index < -0.39 is 6.04 Å². The van der Waals surface area contributed by atoms with E-state index in [-0.39, 0.29) is 18.2 Å². The van der Waals surface area contributed by atoms with E-state index in [1.165, 1.54) is 7.11 Å². The van der Waals surface area contributed by atoms with Gasteiger partial charge in [0.15, 0.2) is 0 Å². The van der Waals surface area contributed by atoms with E-state index >= 15 is 0 Å². The van der Waals surface area contributed by atoms with Gasteiger partial charge in [0.2, 0.25) is 11.9 Å². The van der Waals surface area contributed by atoms with Gasteiger partial charge in [0.25, 0.3) is 5.91 Å². The van der Waals surface area contributed by atoms with Gasteiger partial charge in [-0.25, -0.2) is 4.98 Å². The number of nitrogens with zero attached hydrogens (tertiary/aromatic N) is 3. The van der Waals surface area contributed by atoms with Gasteiger partial charge in [-0.3, -0.25) is 19.1 Å². The number of amides is 2. The number of aromatic nitrogens is 2. The molecule has 0 spiro atoms. The minimum absolute atomic E-state index is 0.0344. The fourth-order valence-corrected chi connectivity index (χ4v) is 3.96. The summed E-state index contributed by atoms with van der Waals surface area (Å²) in [6, 6.07) is 12.1. The SMILES string of the molecule is COCCCN1C(=O)[C@H](CC(=O)Nc2cc(OC)ccc2OC)n2c1nc1ccccc12. The van der Waals surface area contributed by atoms with Crippen LogP contribution in [-0.2, 0) is 14.3 Å². The van der Waals surface area contributed by atoms with Crippen molar-refractivity contribution in [3.05, 3.63) is 42.5 Å². The smallest absolute Gasteiger partial charge is 0.253 e. The second-order valence-electron chi connectivity index (χ2n) is 7.44. The Morgan fingerprint density at radius 2 is 1.94 bits per heavy atom. The number of imidazole rings is 1. The molecule has 1 aromatic heterocycles. The average Bonchev–Trinajstić information content (AvgIpc) is 3.29. The van der Waals surface area contributed by atoms with E-state index in [9.17, 15) is 9.59 Å². The lowest BCUT2D eigenvalue weighted by Crippen LogP contribution is -2.32. The van der Waals surface area contributed by atoms with Crippen molar-refractivity contribution in [2.45, 2.75) is 18.9 Å². The lowest BCUT2D eigenvalue weighted by Gasteiger charge is -2.16. The van der Waals surface area contributed by atoms with E-state index in [2.05, 4.69) is 10.3 Å². The van der Waals surface area contributed by atoms with Gasteiger partial charge in [-0.15, -0.1) is 0 Å². The molecule has 0 aliphatic carbocycles. The molecule has 4 rings (SSSR count). The molecule has 1 atom stereocenters. The van der Waals surface area contributed by atoms with Gasteiger partial charge in [-0.05, 0) is 30.7 Å². The van der Waals surface area contributed by atoms with Crippen LogP contribution in [-0.4, -0.2) is 55.8 Å². The Bertz CT molecular complexity index is 1140. The topological polar surface area (TPSA) is 94.9 Å². The Morgan fingerprint density at radius 3 is 2.69 bits per heavy atom. The number of fused-ring (bicyclic) bond motifs is 3. The van der Waals surface area contributed by atoms with Crippen LogP contribution in [0.3, 0.4) is 0 Å². The lowest BCUT2D eigenvalue weighted by atomic mass is 10.1. The second-order valence-corrected chi connectivity index (χ2v) is 7.44. The maximum Gasteiger partial charge on any atom is 0.253 e. The molecule has 0 fully saturated rings. The van der Waals surface area contributed by atoms with E-state index in [1.807, 2.05) is 28.8 Å². The Hall–Kier alpha value is -3.59. The highest BCUT2D eigenvalue weighted by Crippen LogP contribution is 2.37. The number of rotatable bonds is 9. The first-order valence-corrected chi connectivity index (χ1v) is 10.4. The summed E-state index contributed by atoms with van der Waals surface area (Å²) >= 11 is 0. The first kappa shape index (κ1) is 21.6. The molecule has 1 aliphatic heterocycles. The van der Waals surface area contributed by atoms with E-state index in [1.54, 1.807) is 37.3 Å². The molecule has 0 bridgehead atoms. The van der Waals surface area contributed by atoms with Gasteiger partial charge in [-0.1, -0.05) is 12.1 Å². The summed E-state index contributed by atoms with van der Waals surface area (Å²) in [5.41, 5.74) is 2.09. The largest absolute Gasteiger partial charge is 0.497 e. The number of anilines is 2. The van der Waals surface area contributed by atoms with Gasteiger partial charge < -0.3 is 19.5 Å². The summed E-state index contributed by atoms with van der Waals surface area (Å²) < 4.78 is 17.6. The van der Waals surface area contributed by atoms with Crippen LogP contribution in [0.2, 0.25) is 0 Å². The zero-order valence-corrected chi connectivity index (χ0v) is 18.3. The highest BCUT2D eigenvalue weighted by molar-refractivity contribution is 6.05. The summed E-state index contributed by atoms with van der Waals surface area (Å²) in [4.78, 5) is 32.6. The number of carbonyl (C=O) groups excluding carboxylic acids is 2. The fourth-order valence-electron chi connectivity index (χ4n) is 3.96. The molecule has 9 heteroatoms. The lowest BCUT2D eigenvalue weighted by molar-refractivity contribution is -0.124. The molecule has 0 saturated heterocycles. The van der Waals surface area contributed by atoms with Crippen molar-refractivity contribution in [3.8, 4) is 11.5 Å². The van der Waals surface area contributed by atoms with Crippen LogP contribution in [0.5, 0.6) is 11.5 Å². The van der Waals surface area contributed by atoms with Crippen LogP contribution in [0, 0.1) is 0 Å². The molecule has 0 saturated carbocycles. The van der Waals surface area contributed by atoms with Crippen LogP contribution < -0.4 is 19.7 Å². The third kappa shape index (κ3) is 3.99. The first-order chi connectivity index (χ1) is 15.6. The quantitative estimate of drug-likeness (QED) is 0.516. The summed E-state index contributed by atoms with van der Waals surface area (Å²) in [6.45, 7) is 1.00. The van der Waals surface area contributed by atoms with E-state index in [4.69, 9.17) is 14.2 Å². The van der Waals surface area contributed by atoms with Gasteiger partial charge in [0, 0.05) is 26.3 Å². The Kier molecular flexibility index (Phi) is 6.27.